The Balaban J connectivity index is 0. The topological polar surface area (TPSA) is 174 Å². The van der Waals surface area contributed by atoms with Gasteiger partial charge in [-0.1, -0.05) is 0 Å². The highest BCUT2D eigenvalue weighted by Crippen LogP contribution is 2.41. The zero-order valence-corrected chi connectivity index (χ0v) is 9.68. The van der Waals surface area contributed by atoms with Crippen LogP contribution in [0, 0.1) is 0 Å². The summed E-state index contributed by atoms with van der Waals surface area (Å²) in [5, 5.41) is 0. The molecule has 0 spiro atoms. The molecular formula is H6O10P4+2. The van der Waals surface area contributed by atoms with Gasteiger partial charge < -0.3 is 19.6 Å². The lowest BCUT2D eigenvalue weighted by molar-refractivity contribution is 0.324. The van der Waals surface area contributed by atoms with Gasteiger partial charge in [0, 0.05) is 9.13 Å². The first-order valence-electron chi connectivity index (χ1n) is 2.30. The molecule has 0 saturated carbocycles. The lowest BCUT2D eigenvalue weighted by Crippen LogP contribution is -1.73. The van der Waals surface area contributed by atoms with Crippen molar-refractivity contribution >= 4 is 33.7 Å². The van der Waals surface area contributed by atoms with Crippen LogP contribution in [-0.4, -0.2) is 29.4 Å². The molecule has 0 aliphatic heterocycles. The van der Waals surface area contributed by atoms with E-state index in [2.05, 4.69) is 8.62 Å². The van der Waals surface area contributed by atoms with E-state index in [1.165, 1.54) is 0 Å². The molecule has 0 rings (SSSR count). The Morgan fingerprint density at radius 1 is 0.857 bits per heavy atom. The van der Waals surface area contributed by atoms with Gasteiger partial charge in [-0.25, -0.2) is 4.31 Å². The van der Waals surface area contributed by atoms with Crippen molar-refractivity contribution in [2.75, 3.05) is 0 Å². The fourth-order valence-electron chi connectivity index (χ4n) is 0.125. The summed E-state index contributed by atoms with van der Waals surface area (Å²) in [5.41, 5.74) is 0. The van der Waals surface area contributed by atoms with E-state index in [0.717, 1.165) is 0 Å². The van der Waals surface area contributed by atoms with Crippen molar-refractivity contribution < 1.29 is 47.1 Å². The number of hydrogen-bond donors (Lipinski definition) is 6. The van der Waals surface area contributed by atoms with Crippen LogP contribution in [0.5, 0.6) is 0 Å². The molecule has 0 aliphatic carbocycles. The van der Waals surface area contributed by atoms with Gasteiger partial charge in [0.05, 0.1) is 0 Å². The minimum atomic E-state index is -2.92. The standard InChI is InChI=1S/H4O5P2.O5P2/c2*1-6(2)5-7(3)4/h1-4H;/p+2. The van der Waals surface area contributed by atoms with E-state index in [9.17, 15) is 9.13 Å². The van der Waals surface area contributed by atoms with Crippen LogP contribution in [0.15, 0.2) is 0 Å². The number of hydrogen-bond acceptors (Lipinski definition) is 8. The Kier molecular flexibility index (Phi) is 12.6. The van der Waals surface area contributed by atoms with E-state index < -0.39 is 33.7 Å². The molecule has 14 heavy (non-hydrogen) atoms. The van der Waals surface area contributed by atoms with Gasteiger partial charge in [-0.3, -0.25) is 0 Å². The molecule has 0 aromatic heterocycles. The summed E-state index contributed by atoms with van der Waals surface area (Å²) in [6.07, 6.45) is 0. The van der Waals surface area contributed by atoms with Crippen molar-refractivity contribution in [2.24, 2.45) is 0 Å². The van der Waals surface area contributed by atoms with Crippen LogP contribution in [-0.2, 0) is 17.8 Å². The van der Waals surface area contributed by atoms with Gasteiger partial charge in [0.15, 0.2) is 4.31 Å². The maximum atomic E-state index is 9.39. The van der Waals surface area contributed by atoms with Crippen LogP contribution in [0.1, 0.15) is 0 Å². The first kappa shape index (κ1) is 17.1. The molecule has 0 aromatic rings. The molecule has 0 aromatic carbocycles. The molecule has 0 heterocycles. The predicted octanol–water partition coefficient (Wildman–Crippen LogP) is -0.272. The summed E-state index contributed by atoms with van der Waals surface area (Å²) in [6, 6.07) is 0. The van der Waals surface area contributed by atoms with E-state index in [1.807, 2.05) is 0 Å². The Morgan fingerprint density at radius 3 is 1.14 bits per heavy atom. The normalized spacial score (nSPS) is 12.3. The molecule has 0 bridgehead atoms. The maximum absolute atomic E-state index is 9.39. The van der Waals surface area contributed by atoms with Gasteiger partial charge in [-0.2, -0.15) is 0 Å². The maximum Gasteiger partial charge on any atom is 0.745 e. The molecule has 0 radical (unpaired) electrons. The summed E-state index contributed by atoms with van der Waals surface area (Å²) in [6.45, 7) is 0. The first-order chi connectivity index (χ1) is 6.25. The van der Waals surface area contributed by atoms with Crippen molar-refractivity contribution in [1.29, 1.82) is 0 Å². The zero-order chi connectivity index (χ0) is 11.7. The SMILES string of the molecule is O=[P+](O)O[P+](=O)O.OP(O)OP(O)O. The second kappa shape index (κ2) is 10.3. The second-order valence-corrected chi connectivity index (χ2v) is 4.41. The van der Waals surface area contributed by atoms with Crippen LogP contribution in [0.4, 0.5) is 0 Å². The summed E-state index contributed by atoms with van der Waals surface area (Å²) in [7, 11) is -11.1. The fourth-order valence-corrected chi connectivity index (χ4v) is 1.13. The lowest BCUT2D eigenvalue weighted by Gasteiger charge is -2.00. The fraction of sp³-hybridized carbons (Fsp3) is 0. The molecule has 84 valence electrons. The molecule has 14 heteroatoms. The molecule has 0 aliphatic rings. The third kappa shape index (κ3) is 23.0. The Bertz CT molecular complexity index is 155. The van der Waals surface area contributed by atoms with Crippen LogP contribution < -0.4 is 0 Å². The zero-order valence-electron chi connectivity index (χ0n) is 6.11. The summed E-state index contributed by atoms with van der Waals surface area (Å²) in [4.78, 5) is 46.6. The first-order valence-corrected chi connectivity index (χ1v) is 6.89. The molecule has 6 N–H and O–H groups in total. The van der Waals surface area contributed by atoms with Crippen LogP contribution in [0.25, 0.3) is 0 Å². The van der Waals surface area contributed by atoms with Gasteiger partial charge in [0.25, 0.3) is 0 Å². The van der Waals surface area contributed by atoms with E-state index in [-0.39, 0.29) is 0 Å². The predicted molar refractivity (Wildman–Crippen MR) is 44.5 cm³/mol. The molecule has 2 unspecified atom stereocenters. The van der Waals surface area contributed by atoms with Crippen LogP contribution in [0.2, 0.25) is 0 Å². The van der Waals surface area contributed by atoms with Crippen molar-refractivity contribution in [3.8, 4) is 0 Å². The average Bonchev–Trinajstić information content (AvgIpc) is 1.79. The molecule has 10 nitrogen and oxygen atoms in total. The Hall–Kier alpha value is 0.740. The third-order valence-corrected chi connectivity index (χ3v) is 2.57. The van der Waals surface area contributed by atoms with Gasteiger partial charge in [0.2, 0.25) is 0 Å². The van der Waals surface area contributed by atoms with E-state index in [4.69, 9.17) is 29.4 Å². The van der Waals surface area contributed by atoms with E-state index >= 15 is 0 Å². The number of rotatable bonds is 4. The van der Waals surface area contributed by atoms with Crippen molar-refractivity contribution in [3.63, 3.8) is 0 Å². The minimum Gasteiger partial charge on any atom is -0.328 e. The van der Waals surface area contributed by atoms with Crippen LogP contribution >= 0.6 is 33.7 Å². The van der Waals surface area contributed by atoms with Crippen molar-refractivity contribution in [1.82, 2.24) is 0 Å². The average molecular weight is 290 g/mol. The van der Waals surface area contributed by atoms with Gasteiger partial charge in [0.1, 0.15) is 0 Å². The van der Waals surface area contributed by atoms with Crippen LogP contribution in [0.3, 0.4) is 0 Å². The largest absolute Gasteiger partial charge is 0.745 e. The van der Waals surface area contributed by atoms with E-state index in [1.54, 1.807) is 0 Å². The van der Waals surface area contributed by atoms with Gasteiger partial charge in [-0.05, 0) is 0 Å². The Morgan fingerprint density at radius 2 is 1.14 bits per heavy atom. The minimum absolute atomic E-state index is 2.61. The summed E-state index contributed by atoms with van der Waals surface area (Å²) < 4.78 is 25.8. The van der Waals surface area contributed by atoms with E-state index in [0.29, 0.717) is 0 Å². The molecule has 0 saturated heterocycles. The Labute approximate surface area is 81.6 Å². The molecule has 0 fully saturated rings. The highest BCUT2D eigenvalue weighted by molar-refractivity contribution is 7.53. The summed E-state index contributed by atoms with van der Waals surface area (Å²) >= 11 is 0. The smallest absolute Gasteiger partial charge is 0.328 e. The molecule has 2 atom stereocenters. The molecule has 0 amide bonds. The second-order valence-electron chi connectivity index (χ2n) is 1.14. The summed E-state index contributed by atoms with van der Waals surface area (Å²) in [5.74, 6) is 0. The van der Waals surface area contributed by atoms with Crippen molar-refractivity contribution in [3.05, 3.63) is 0 Å². The molecular weight excluding hydrogens is 284 g/mol. The highest BCUT2D eigenvalue weighted by atomic mass is 31.2. The van der Waals surface area contributed by atoms with Crippen molar-refractivity contribution in [2.45, 2.75) is 0 Å². The van der Waals surface area contributed by atoms with Gasteiger partial charge in [-0.15, -0.1) is 9.79 Å². The van der Waals surface area contributed by atoms with Gasteiger partial charge >= 0.3 is 33.7 Å². The quantitative estimate of drug-likeness (QED) is 0.378. The third-order valence-electron chi connectivity index (χ3n) is 0.286. The highest BCUT2D eigenvalue weighted by Gasteiger charge is 2.31. The lowest BCUT2D eigenvalue weighted by atomic mass is 15.7. The monoisotopic (exact) mass is 290 g/mol.